The summed E-state index contributed by atoms with van der Waals surface area (Å²) in [5, 5.41) is 3.48. The molecular weight excluding hydrogens is 214 g/mol. The molecule has 0 saturated carbocycles. The molecular formula is C14H11NS. The molecule has 0 fully saturated rings. The van der Waals surface area contributed by atoms with E-state index in [4.69, 9.17) is 5.73 Å². The molecule has 2 aromatic carbocycles. The first kappa shape index (κ1) is 9.43. The van der Waals surface area contributed by atoms with Crippen LogP contribution in [0.4, 0.5) is 5.69 Å². The lowest BCUT2D eigenvalue weighted by atomic mass is 10.0. The lowest BCUT2D eigenvalue weighted by molar-refractivity contribution is 1.69. The van der Waals surface area contributed by atoms with Gasteiger partial charge in [0.2, 0.25) is 0 Å². The summed E-state index contributed by atoms with van der Waals surface area (Å²) >= 11 is 1.74. The van der Waals surface area contributed by atoms with Crippen LogP contribution >= 0.6 is 11.3 Å². The minimum absolute atomic E-state index is 0.828. The molecule has 0 aliphatic rings. The molecule has 3 aromatic rings. The molecule has 1 heterocycles. The fourth-order valence-electron chi connectivity index (χ4n) is 1.89. The monoisotopic (exact) mass is 225 g/mol. The third-order valence-corrected chi connectivity index (χ3v) is 3.63. The molecule has 78 valence electrons. The molecule has 0 aliphatic heterocycles. The third-order valence-electron chi connectivity index (χ3n) is 2.68. The predicted octanol–water partition coefficient (Wildman–Crippen LogP) is 4.15. The number of fused-ring (bicyclic) bond motifs is 1. The summed E-state index contributed by atoms with van der Waals surface area (Å²) in [4.78, 5) is 0. The number of nitrogen functional groups attached to an aromatic ring is 1. The van der Waals surface area contributed by atoms with Gasteiger partial charge in [-0.1, -0.05) is 36.4 Å². The molecule has 3 rings (SSSR count). The van der Waals surface area contributed by atoms with Crippen molar-refractivity contribution in [3.05, 3.63) is 53.9 Å². The fraction of sp³-hybridized carbons (Fsp3) is 0. The Morgan fingerprint density at radius 3 is 2.56 bits per heavy atom. The highest BCUT2D eigenvalue weighted by molar-refractivity contribution is 7.17. The molecule has 0 saturated heterocycles. The topological polar surface area (TPSA) is 26.0 Å². The first-order chi connectivity index (χ1) is 7.84. The Morgan fingerprint density at radius 1 is 0.938 bits per heavy atom. The summed E-state index contributed by atoms with van der Waals surface area (Å²) in [6.07, 6.45) is 0. The number of nitrogens with two attached hydrogens (primary N) is 1. The van der Waals surface area contributed by atoms with Gasteiger partial charge in [-0.25, -0.2) is 0 Å². The molecule has 0 unspecified atom stereocenters. The Balaban J connectivity index is 2.26. The van der Waals surface area contributed by atoms with Crippen LogP contribution in [0.15, 0.2) is 53.9 Å². The highest BCUT2D eigenvalue weighted by Crippen LogP contribution is 2.34. The standard InChI is InChI=1S/C14H11NS/c15-11-6-7-12-13(9-16-14(12)8-11)10-4-2-1-3-5-10/h1-9H,15H2. The number of hydrogen-bond donors (Lipinski definition) is 1. The lowest BCUT2D eigenvalue weighted by Crippen LogP contribution is -1.82. The van der Waals surface area contributed by atoms with E-state index in [9.17, 15) is 0 Å². The van der Waals surface area contributed by atoms with Crippen LogP contribution in [-0.4, -0.2) is 0 Å². The Labute approximate surface area is 98.2 Å². The second-order valence-corrected chi connectivity index (χ2v) is 4.68. The van der Waals surface area contributed by atoms with Crippen molar-refractivity contribution in [2.45, 2.75) is 0 Å². The van der Waals surface area contributed by atoms with Crippen molar-refractivity contribution in [3.8, 4) is 11.1 Å². The van der Waals surface area contributed by atoms with Crippen molar-refractivity contribution in [1.29, 1.82) is 0 Å². The van der Waals surface area contributed by atoms with Crippen molar-refractivity contribution in [2.24, 2.45) is 0 Å². The molecule has 0 aliphatic carbocycles. The van der Waals surface area contributed by atoms with Gasteiger partial charge in [0.1, 0.15) is 0 Å². The summed E-state index contributed by atoms with van der Waals surface area (Å²) in [6, 6.07) is 16.5. The molecule has 0 radical (unpaired) electrons. The van der Waals surface area contributed by atoms with Gasteiger partial charge in [-0.3, -0.25) is 0 Å². The van der Waals surface area contributed by atoms with E-state index < -0.39 is 0 Å². The van der Waals surface area contributed by atoms with Gasteiger partial charge in [0, 0.05) is 21.3 Å². The van der Waals surface area contributed by atoms with Gasteiger partial charge < -0.3 is 5.73 Å². The zero-order valence-electron chi connectivity index (χ0n) is 8.68. The number of benzene rings is 2. The van der Waals surface area contributed by atoms with Crippen molar-refractivity contribution in [1.82, 2.24) is 0 Å². The van der Waals surface area contributed by atoms with Crippen LogP contribution in [0.5, 0.6) is 0 Å². The maximum Gasteiger partial charge on any atom is 0.0369 e. The molecule has 16 heavy (non-hydrogen) atoms. The first-order valence-electron chi connectivity index (χ1n) is 5.17. The van der Waals surface area contributed by atoms with Crippen molar-refractivity contribution >= 4 is 27.1 Å². The van der Waals surface area contributed by atoms with E-state index in [-0.39, 0.29) is 0 Å². The van der Waals surface area contributed by atoms with Gasteiger partial charge in [-0.2, -0.15) is 0 Å². The van der Waals surface area contributed by atoms with Crippen LogP contribution in [0.1, 0.15) is 0 Å². The van der Waals surface area contributed by atoms with Crippen LogP contribution in [0.25, 0.3) is 21.2 Å². The van der Waals surface area contributed by atoms with Gasteiger partial charge in [-0.15, -0.1) is 11.3 Å². The average molecular weight is 225 g/mol. The fourth-order valence-corrected chi connectivity index (χ4v) is 2.90. The Morgan fingerprint density at radius 2 is 1.75 bits per heavy atom. The van der Waals surface area contributed by atoms with Crippen molar-refractivity contribution < 1.29 is 0 Å². The zero-order chi connectivity index (χ0) is 11.0. The van der Waals surface area contributed by atoms with E-state index in [0.717, 1.165) is 5.69 Å². The number of thiophene rings is 1. The number of rotatable bonds is 1. The molecule has 0 spiro atoms. The van der Waals surface area contributed by atoms with E-state index in [1.165, 1.54) is 21.2 Å². The van der Waals surface area contributed by atoms with E-state index >= 15 is 0 Å². The summed E-state index contributed by atoms with van der Waals surface area (Å²) in [5.41, 5.74) is 9.16. The van der Waals surface area contributed by atoms with Crippen LogP contribution in [0.2, 0.25) is 0 Å². The van der Waals surface area contributed by atoms with E-state index in [1.54, 1.807) is 11.3 Å². The Kier molecular flexibility index (Phi) is 2.15. The number of anilines is 1. The molecule has 0 amide bonds. The van der Waals surface area contributed by atoms with Crippen molar-refractivity contribution in [2.75, 3.05) is 5.73 Å². The van der Waals surface area contributed by atoms with Gasteiger partial charge >= 0.3 is 0 Å². The smallest absolute Gasteiger partial charge is 0.0369 e. The Hall–Kier alpha value is -1.80. The summed E-state index contributed by atoms with van der Waals surface area (Å²) in [7, 11) is 0. The minimum Gasteiger partial charge on any atom is -0.399 e. The first-order valence-corrected chi connectivity index (χ1v) is 6.05. The van der Waals surface area contributed by atoms with Crippen molar-refractivity contribution in [3.63, 3.8) is 0 Å². The van der Waals surface area contributed by atoms with Gasteiger partial charge in [0.15, 0.2) is 0 Å². The molecule has 0 bridgehead atoms. The van der Waals surface area contributed by atoms with E-state index in [1.807, 2.05) is 18.2 Å². The molecule has 1 nitrogen and oxygen atoms in total. The average Bonchev–Trinajstić information content (AvgIpc) is 2.73. The van der Waals surface area contributed by atoms with Crippen LogP contribution in [0.3, 0.4) is 0 Å². The largest absolute Gasteiger partial charge is 0.399 e. The van der Waals surface area contributed by atoms with Crippen LogP contribution in [-0.2, 0) is 0 Å². The lowest BCUT2D eigenvalue weighted by Gasteiger charge is -1.99. The summed E-state index contributed by atoms with van der Waals surface area (Å²) < 4.78 is 1.25. The third kappa shape index (κ3) is 1.48. The van der Waals surface area contributed by atoms with E-state index in [0.29, 0.717) is 0 Å². The zero-order valence-corrected chi connectivity index (χ0v) is 9.50. The SMILES string of the molecule is Nc1ccc2c(-c3ccccc3)csc2c1. The van der Waals surface area contributed by atoms with Gasteiger partial charge in [0.25, 0.3) is 0 Å². The van der Waals surface area contributed by atoms with E-state index in [2.05, 4.69) is 35.7 Å². The second kappa shape index (κ2) is 3.65. The summed E-state index contributed by atoms with van der Waals surface area (Å²) in [6.45, 7) is 0. The van der Waals surface area contributed by atoms with Gasteiger partial charge in [-0.05, 0) is 23.1 Å². The number of hydrogen-bond acceptors (Lipinski definition) is 2. The predicted molar refractivity (Wildman–Crippen MR) is 71.7 cm³/mol. The molecule has 2 N–H and O–H groups in total. The highest BCUT2D eigenvalue weighted by atomic mass is 32.1. The second-order valence-electron chi connectivity index (χ2n) is 3.77. The molecule has 0 atom stereocenters. The van der Waals surface area contributed by atoms with Gasteiger partial charge in [0.05, 0.1) is 0 Å². The minimum atomic E-state index is 0.828. The normalized spacial score (nSPS) is 10.8. The maximum atomic E-state index is 5.78. The summed E-state index contributed by atoms with van der Waals surface area (Å²) in [5.74, 6) is 0. The quantitative estimate of drug-likeness (QED) is 0.618. The Bertz CT molecular complexity index is 626. The molecule has 1 aromatic heterocycles. The highest BCUT2D eigenvalue weighted by Gasteiger charge is 2.05. The maximum absolute atomic E-state index is 5.78. The van der Waals surface area contributed by atoms with Crippen LogP contribution in [0, 0.1) is 0 Å². The molecule has 2 heteroatoms. The van der Waals surface area contributed by atoms with Crippen LogP contribution < -0.4 is 5.73 Å².